The molecule has 0 amide bonds. The fourth-order valence-corrected chi connectivity index (χ4v) is 2.44. The highest BCUT2D eigenvalue weighted by molar-refractivity contribution is 5.13. The number of nitrogens with two attached hydrogens (primary N) is 1. The molecule has 1 unspecified atom stereocenters. The van der Waals surface area contributed by atoms with Crippen molar-refractivity contribution >= 4 is 0 Å². The molecule has 1 heteroatoms. The van der Waals surface area contributed by atoms with Crippen LogP contribution in [0.4, 0.5) is 0 Å². The predicted molar refractivity (Wildman–Crippen MR) is 56.5 cm³/mol. The maximum Gasteiger partial charge on any atom is 0.0282 e. The maximum atomic E-state index is 6.25. The van der Waals surface area contributed by atoms with Crippen LogP contribution in [-0.2, 0) is 0 Å². The first-order valence-electron chi connectivity index (χ1n) is 5.82. The van der Waals surface area contributed by atoms with Crippen LogP contribution in [0.5, 0.6) is 0 Å². The van der Waals surface area contributed by atoms with E-state index in [4.69, 9.17) is 5.73 Å². The molecule has 2 aliphatic carbocycles. The van der Waals surface area contributed by atoms with Gasteiger partial charge in [-0.2, -0.15) is 0 Å². The Hall–Kier alpha value is -0.300. The third-order valence-corrected chi connectivity index (χ3v) is 3.66. The minimum atomic E-state index is 0.409. The summed E-state index contributed by atoms with van der Waals surface area (Å²) in [6.45, 7) is 0. The van der Waals surface area contributed by atoms with Crippen LogP contribution < -0.4 is 5.73 Å². The Labute approximate surface area is 81.4 Å². The lowest BCUT2D eigenvalue weighted by atomic mass is 9.76. The van der Waals surface area contributed by atoms with E-state index in [1.807, 2.05) is 0 Å². The molecule has 1 fully saturated rings. The molecular weight excluding hydrogens is 158 g/mol. The molecule has 0 aromatic carbocycles. The average Bonchev–Trinajstić information content (AvgIpc) is 2.27. The second kappa shape index (κ2) is 4.28. The van der Waals surface area contributed by atoms with E-state index in [0.29, 0.717) is 6.04 Å². The molecule has 0 bridgehead atoms. The summed E-state index contributed by atoms with van der Waals surface area (Å²) in [4.78, 5) is 0. The predicted octanol–water partition coefficient (Wildman–Crippen LogP) is 3.00. The summed E-state index contributed by atoms with van der Waals surface area (Å²) in [5.41, 5.74) is 7.83. The molecule has 1 nitrogen and oxygen atoms in total. The van der Waals surface area contributed by atoms with E-state index < -0.39 is 0 Å². The van der Waals surface area contributed by atoms with Crippen LogP contribution in [0.1, 0.15) is 51.4 Å². The van der Waals surface area contributed by atoms with E-state index in [1.165, 1.54) is 51.4 Å². The van der Waals surface area contributed by atoms with Gasteiger partial charge in [-0.3, -0.25) is 0 Å². The van der Waals surface area contributed by atoms with E-state index in [1.54, 1.807) is 5.57 Å². The largest absolute Gasteiger partial charge is 0.324 e. The summed E-state index contributed by atoms with van der Waals surface area (Å²) >= 11 is 0. The summed E-state index contributed by atoms with van der Waals surface area (Å²) in [6.07, 6.45) is 13.3. The Morgan fingerprint density at radius 3 is 2.69 bits per heavy atom. The minimum absolute atomic E-state index is 0.409. The summed E-state index contributed by atoms with van der Waals surface area (Å²) in [6, 6.07) is 0.409. The summed E-state index contributed by atoms with van der Waals surface area (Å²) in [7, 11) is 0. The Balaban J connectivity index is 1.92. The zero-order chi connectivity index (χ0) is 9.10. The molecule has 74 valence electrons. The number of allylic oxidation sites excluding steroid dienone is 1. The Bertz CT molecular complexity index is 191. The highest BCUT2D eigenvalue weighted by Crippen LogP contribution is 2.33. The van der Waals surface area contributed by atoms with Gasteiger partial charge in [0, 0.05) is 6.04 Å². The Kier molecular flexibility index (Phi) is 3.05. The van der Waals surface area contributed by atoms with Gasteiger partial charge in [-0.05, 0) is 44.4 Å². The van der Waals surface area contributed by atoms with Crippen molar-refractivity contribution in [3.05, 3.63) is 11.6 Å². The van der Waals surface area contributed by atoms with Crippen LogP contribution in [0.15, 0.2) is 11.6 Å². The lowest BCUT2D eigenvalue weighted by molar-refractivity contribution is 0.279. The minimum Gasteiger partial charge on any atom is -0.324 e. The molecule has 0 aromatic rings. The zero-order valence-corrected chi connectivity index (χ0v) is 8.47. The molecular formula is C12H21N. The first kappa shape index (κ1) is 9.26. The van der Waals surface area contributed by atoms with Crippen molar-refractivity contribution in [1.29, 1.82) is 0 Å². The molecule has 0 aromatic heterocycles. The van der Waals surface area contributed by atoms with E-state index >= 15 is 0 Å². The van der Waals surface area contributed by atoms with Gasteiger partial charge in [-0.15, -0.1) is 0 Å². The van der Waals surface area contributed by atoms with E-state index in [-0.39, 0.29) is 0 Å². The quantitative estimate of drug-likeness (QED) is 0.648. The monoisotopic (exact) mass is 179 g/mol. The molecule has 2 rings (SSSR count). The fourth-order valence-electron chi connectivity index (χ4n) is 2.44. The third kappa shape index (κ3) is 2.14. The topological polar surface area (TPSA) is 26.0 Å². The van der Waals surface area contributed by atoms with Gasteiger partial charge in [0.25, 0.3) is 0 Å². The molecule has 1 atom stereocenters. The maximum absolute atomic E-state index is 6.25. The van der Waals surface area contributed by atoms with Crippen LogP contribution in [0.3, 0.4) is 0 Å². The lowest BCUT2D eigenvalue weighted by Crippen LogP contribution is -2.36. The first-order chi connectivity index (χ1) is 6.38. The van der Waals surface area contributed by atoms with Crippen molar-refractivity contribution in [3.63, 3.8) is 0 Å². The second-order valence-electron chi connectivity index (χ2n) is 4.60. The van der Waals surface area contributed by atoms with Crippen molar-refractivity contribution in [3.8, 4) is 0 Å². The van der Waals surface area contributed by atoms with Crippen molar-refractivity contribution in [2.75, 3.05) is 0 Å². The molecule has 1 saturated carbocycles. The lowest BCUT2D eigenvalue weighted by Gasteiger charge is -2.32. The molecule has 0 spiro atoms. The molecule has 2 N–H and O–H groups in total. The van der Waals surface area contributed by atoms with Gasteiger partial charge >= 0.3 is 0 Å². The van der Waals surface area contributed by atoms with Gasteiger partial charge in [-0.1, -0.05) is 24.5 Å². The fraction of sp³-hybridized carbons (Fsp3) is 0.833. The normalized spacial score (nSPS) is 27.3. The van der Waals surface area contributed by atoms with Crippen LogP contribution in [0, 0.1) is 5.92 Å². The Morgan fingerprint density at radius 1 is 1.15 bits per heavy atom. The summed E-state index contributed by atoms with van der Waals surface area (Å²) in [5.74, 6) is 0.823. The number of hydrogen-bond donors (Lipinski definition) is 1. The first-order valence-corrected chi connectivity index (χ1v) is 5.82. The Morgan fingerprint density at radius 2 is 2.00 bits per heavy atom. The third-order valence-electron chi connectivity index (χ3n) is 3.66. The molecule has 0 radical (unpaired) electrons. The highest BCUT2D eigenvalue weighted by Gasteiger charge is 2.26. The summed E-state index contributed by atoms with van der Waals surface area (Å²) in [5, 5.41) is 0. The van der Waals surface area contributed by atoms with Crippen LogP contribution in [0.25, 0.3) is 0 Å². The molecule has 0 aliphatic heterocycles. The van der Waals surface area contributed by atoms with Crippen LogP contribution in [-0.4, -0.2) is 6.04 Å². The smallest absolute Gasteiger partial charge is 0.0282 e. The van der Waals surface area contributed by atoms with Crippen LogP contribution >= 0.6 is 0 Å². The zero-order valence-electron chi connectivity index (χ0n) is 8.47. The number of rotatable bonds is 2. The van der Waals surface area contributed by atoms with Crippen molar-refractivity contribution in [2.45, 2.75) is 57.4 Å². The van der Waals surface area contributed by atoms with Gasteiger partial charge in [0.2, 0.25) is 0 Å². The van der Waals surface area contributed by atoms with Crippen molar-refractivity contribution < 1.29 is 0 Å². The van der Waals surface area contributed by atoms with Crippen molar-refractivity contribution in [2.24, 2.45) is 11.7 Å². The standard InChI is InChI=1S/C12H21N/c13-12(11-8-5-9-11)10-6-3-1-2-4-7-10/h6,11-12H,1-5,7-9,13H2. The average molecular weight is 179 g/mol. The van der Waals surface area contributed by atoms with Gasteiger partial charge in [0.15, 0.2) is 0 Å². The molecule has 2 aliphatic rings. The van der Waals surface area contributed by atoms with Gasteiger partial charge in [0.05, 0.1) is 0 Å². The van der Waals surface area contributed by atoms with Crippen molar-refractivity contribution in [1.82, 2.24) is 0 Å². The SMILES string of the molecule is NC(C1=CCCCCC1)C1CCC1. The number of hydrogen-bond acceptors (Lipinski definition) is 1. The van der Waals surface area contributed by atoms with Gasteiger partial charge in [0.1, 0.15) is 0 Å². The van der Waals surface area contributed by atoms with E-state index in [0.717, 1.165) is 5.92 Å². The second-order valence-corrected chi connectivity index (χ2v) is 4.60. The van der Waals surface area contributed by atoms with Gasteiger partial charge < -0.3 is 5.73 Å². The highest BCUT2D eigenvalue weighted by atomic mass is 14.7. The van der Waals surface area contributed by atoms with Crippen LogP contribution in [0.2, 0.25) is 0 Å². The van der Waals surface area contributed by atoms with E-state index in [2.05, 4.69) is 6.08 Å². The van der Waals surface area contributed by atoms with E-state index in [9.17, 15) is 0 Å². The summed E-state index contributed by atoms with van der Waals surface area (Å²) < 4.78 is 0. The van der Waals surface area contributed by atoms with Gasteiger partial charge in [-0.25, -0.2) is 0 Å². The molecule has 0 saturated heterocycles. The molecule has 13 heavy (non-hydrogen) atoms. The molecule has 0 heterocycles.